The third-order valence-electron chi connectivity index (χ3n) is 7.60. The Bertz CT molecular complexity index is 1040. The highest BCUT2D eigenvalue weighted by Crippen LogP contribution is 2.60. The van der Waals surface area contributed by atoms with Gasteiger partial charge in [-0.25, -0.2) is 0 Å². The van der Waals surface area contributed by atoms with Gasteiger partial charge in [0.2, 0.25) is 5.82 Å². The lowest BCUT2D eigenvalue weighted by Crippen LogP contribution is -2.50. The summed E-state index contributed by atoms with van der Waals surface area (Å²) in [6.07, 6.45) is 9.08. The summed E-state index contributed by atoms with van der Waals surface area (Å²) in [5.74, 6) is 4.68. The van der Waals surface area contributed by atoms with E-state index < -0.39 is 0 Å². The highest BCUT2D eigenvalue weighted by molar-refractivity contribution is 7.99. The second-order valence-corrected chi connectivity index (χ2v) is 10.7. The normalized spacial score (nSPS) is 28.8. The molecule has 31 heavy (non-hydrogen) atoms. The molecule has 5 nitrogen and oxygen atoms in total. The van der Waals surface area contributed by atoms with E-state index in [0.717, 1.165) is 42.2 Å². The number of thioether (sulfide) groups is 1. The lowest BCUT2D eigenvalue weighted by molar-refractivity contribution is -0.141. The largest absolute Gasteiger partial charge is 0.461 e. The maximum absolute atomic E-state index is 13.5. The highest BCUT2D eigenvalue weighted by atomic mass is 32.2. The minimum Gasteiger partial charge on any atom is -0.461 e. The first kappa shape index (κ1) is 19.4. The van der Waals surface area contributed by atoms with E-state index in [1.54, 1.807) is 6.26 Å². The van der Waals surface area contributed by atoms with E-state index in [2.05, 4.69) is 26.9 Å². The van der Waals surface area contributed by atoms with Crippen molar-refractivity contribution in [1.82, 2.24) is 14.8 Å². The highest BCUT2D eigenvalue weighted by Gasteiger charge is 2.54. The molecule has 7 rings (SSSR count). The SMILES string of the molecule is O=C(CSc1nnc(-c2ccco2)n1Cc1ccccc1)C12CC3CC(CC(C3)C1)C2. The number of hydrogen-bond acceptors (Lipinski definition) is 5. The molecule has 1 aromatic carbocycles. The van der Waals surface area contributed by atoms with Crippen molar-refractivity contribution in [3.63, 3.8) is 0 Å². The zero-order valence-electron chi connectivity index (χ0n) is 17.6. The topological polar surface area (TPSA) is 60.9 Å². The first-order valence-corrected chi connectivity index (χ1v) is 12.3. The molecule has 0 N–H and O–H groups in total. The van der Waals surface area contributed by atoms with Crippen molar-refractivity contribution in [3.8, 4) is 11.6 Å². The molecule has 0 saturated heterocycles. The van der Waals surface area contributed by atoms with Crippen molar-refractivity contribution < 1.29 is 9.21 Å². The summed E-state index contributed by atoms with van der Waals surface area (Å²) in [5.41, 5.74) is 1.11. The molecular weight excluding hydrogens is 406 g/mol. The Morgan fingerprint density at radius 1 is 1.00 bits per heavy atom. The van der Waals surface area contributed by atoms with Crippen LogP contribution in [0.3, 0.4) is 0 Å². The van der Waals surface area contributed by atoms with E-state index >= 15 is 0 Å². The van der Waals surface area contributed by atoms with Crippen LogP contribution in [0.2, 0.25) is 0 Å². The summed E-state index contributed by atoms with van der Waals surface area (Å²) < 4.78 is 7.68. The van der Waals surface area contributed by atoms with Gasteiger partial charge in [-0.15, -0.1) is 10.2 Å². The number of benzene rings is 1. The van der Waals surface area contributed by atoms with Crippen LogP contribution < -0.4 is 0 Å². The van der Waals surface area contributed by atoms with Crippen LogP contribution in [-0.2, 0) is 11.3 Å². The standard InChI is InChI=1S/C25H27N3O2S/c29-22(25-12-18-9-19(13-25)11-20(10-18)14-25)16-31-24-27-26-23(21-7-4-8-30-21)28(24)15-17-5-2-1-3-6-17/h1-8,18-20H,9-16H2. The second-order valence-electron chi connectivity index (χ2n) is 9.76. The fourth-order valence-electron chi connectivity index (χ4n) is 6.63. The molecule has 4 saturated carbocycles. The Kier molecular flexibility index (Phi) is 4.78. The summed E-state index contributed by atoms with van der Waals surface area (Å²) in [6.45, 7) is 0.651. The molecule has 4 fully saturated rings. The van der Waals surface area contributed by atoms with Gasteiger partial charge in [0, 0.05) is 5.41 Å². The number of carbonyl (C=O) groups excluding carboxylic acids is 1. The third-order valence-corrected chi connectivity index (χ3v) is 8.57. The van der Waals surface area contributed by atoms with E-state index in [0.29, 0.717) is 29.7 Å². The van der Waals surface area contributed by atoms with Gasteiger partial charge in [-0.2, -0.15) is 0 Å². The van der Waals surface area contributed by atoms with Gasteiger partial charge >= 0.3 is 0 Å². The monoisotopic (exact) mass is 433 g/mol. The first-order chi connectivity index (χ1) is 15.2. The second kappa shape index (κ2) is 7.66. The molecule has 3 aromatic rings. The molecule has 0 radical (unpaired) electrons. The Hall–Kier alpha value is -2.34. The maximum atomic E-state index is 13.5. The number of carbonyl (C=O) groups is 1. The Morgan fingerprint density at radius 2 is 1.71 bits per heavy atom. The average Bonchev–Trinajstić information content (AvgIpc) is 3.42. The van der Waals surface area contributed by atoms with Crippen LogP contribution >= 0.6 is 11.8 Å². The molecule has 160 valence electrons. The summed E-state index contributed by atoms with van der Waals surface area (Å²) in [4.78, 5) is 13.5. The van der Waals surface area contributed by atoms with Crippen molar-refractivity contribution in [2.45, 2.75) is 50.2 Å². The molecule has 2 aromatic heterocycles. The van der Waals surface area contributed by atoms with Crippen LogP contribution in [-0.4, -0.2) is 26.3 Å². The molecule has 4 bridgehead atoms. The molecular formula is C25H27N3O2S. The zero-order valence-corrected chi connectivity index (χ0v) is 18.4. The van der Waals surface area contributed by atoms with Gasteiger partial charge in [0.25, 0.3) is 0 Å². The number of ketones is 1. The van der Waals surface area contributed by atoms with Crippen LogP contribution in [0, 0.1) is 23.2 Å². The predicted molar refractivity (Wildman–Crippen MR) is 120 cm³/mol. The lowest BCUT2D eigenvalue weighted by Gasteiger charge is -2.56. The summed E-state index contributed by atoms with van der Waals surface area (Å²) in [6, 6.07) is 14.1. The van der Waals surface area contributed by atoms with Crippen LogP contribution in [0.1, 0.15) is 44.1 Å². The van der Waals surface area contributed by atoms with E-state index in [4.69, 9.17) is 4.42 Å². The first-order valence-electron chi connectivity index (χ1n) is 11.4. The molecule has 0 aliphatic heterocycles. The molecule has 0 spiro atoms. The van der Waals surface area contributed by atoms with Crippen molar-refractivity contribution in [2.24, 2.45) is 23.2 Å². The lowest BCUT2D eigenvalue weighted by atomic mass is 9.48. The van der Waals surface area contributed by atoms with Crippen LogP contribution in [0.15, 0.2) is 58.3 Å². The summed E-state index contributed by atoms with van der Waals surface area (Å²) in [7, 11) is 0. The van der Waals surface area contributed by atoms with Gasteiger partial charge in [-0.3, -0.25) is 9.36 Å². The summed E-state index contributed by atoms with van der Waals surface area (Å²) >= 11 is 1.54. The molecule has 4 aliphatic rings. The quantitative estimate of drug-likeness (QED) is 0.463. The Labute approximate surface area is 186 Å². The van der Waals surface area contributed by atoms with E-state index in [1.165, 1.54) is 36.6 Å². The third kappa shape index (κ3) is 3.55. The fourth-order valence-corrected chi connectivity index (χ4v) is 7.60. The van der Waals surface area contributed by atoms with E-state index in [-0.39, 0.29) is 5.41 Å². The minimum atomic E-state index is -0.0597. The fraction of sp³-hybridized carbons (Fsp3) is 0.480. The van der Waals surface area contributed by atoms with Crippen LogP contribution in [0.25, 0.3) is 11.6 Å². The Balaban J connectivity index is 1.24. The van der Waals surface area contributed by atoms with Crippen molar-refractivity contribution in [2.75, 3.05) is 5.75 Å². The minimum absolute atomic E-state index is 0.0597. The number of hydrogen-bond donors (Lipinski definition) is 0. The van der Waals surface area contributed by atoms with Crippen molar-refractivity contribution >= 4 is 17.5 Å². The smallest absolute Gasteiger partial charge is 0.200 e. The Morgan fingerprint density at radius 3 is 2.35 bits per heavy atom. The molecule has 4 aliphatic carbocycles. The van der Waals surface area contributed by atoms with E-state index in [1.807, 2.05) is 30.3 Å². The van der Waals surface area contributed by atoms with Gasteiger partial charge in [0.05, 0.1) is 18.6 Å². The van der Waals surface area contributed by atoms with Crippen LogP contribution in [0.4, 0.5) is 0 Å². The number of Topliss-reactive ketones (excluding diaryl/α,β-unsaturated/α-hetero) is 1. The molecule has 0 atom stereocenters. The van der Waals surface area contributed by atoms with Gasteiger partial charge in [-0.1, -0.05) is 42.1 Å². The van der Waals surface area contributed by atoms with Crippen molar-refractivity contribution in [3.05, 3.63) is 54.3 Å². The zero-order chi connectivity index (χ0) is 20.8. The molecule has 6 heteroatoms. The molecule has 0 unspecified atom stereocenters. The number of aromatic nitrogens is 3. The molecule has 0 amide bonds. The molecule has 2 heterocycles. The van der Waals surface area contributed by atoms with Gasteiger partial charge in [-0.05, 0) is 74.0 Å². The summed E-state index contributed by atoms with van der Waals surface area (Å²) in [5, 5.41) is 9.65. The van der Waals surface area contributed by atoms with Crippen molar-refractivity contribution in [1.29, 1.82) is 0 Å². The van der Waals surface area contributed by atoms with Gasteiger partial charge < -0.3 is 4.42 Å². The average molecular weight is 434 g/mol. The van der Waals surface area contributed by atoms with Crippen LogP contribution in [0.5, 0.6) is 0 Å². The number of rotatable bonds is 7. The van der Waals surface area contributed by atoms with Gasteiger partial charge in [0.15, 0.2) is 10.9 Å². The predicted octanol–water partition coefficient (Wildman–Crippen LogP) is 5.46. The van der Waals surface area contributed by atoms with E-state index in [9.17, 15) is 4.79 Å². The maximum Gasteiger partial charge on any atom is 0.200 e. The number of furan rings is 1. The van der Waals surface area contributed by atoms with Gasteiger partial charge in [0.1, 0.15) is 5.78 Å². The number of nitrogens with zero attached hydrogens (tertiary/aromatic N) is 3.